The molecule has 8 nitrogen and oxygen atoms in total. The fourth-order valence-corrected chi connectivity index (χ4v) is 3.82. The van der Waals surface area contributed by atoms with Crippen LogP contribution < -0.4 is 29.7 Å². The summed E-state index contributed by atoms with van der Waals surface area (Å²) in [5.74, 6) is 3.54. The fraction of sp³-hybridized carbons (Fsp3) is 0.455. The molecule has 0 radical (unpaired) electrons. The number of anilines is 1. The molecule has 1 atom stereocenters. The number of aromatic nitrogens is 1. The molecule has 0 amide bonds. The van der Waals surface area contributed by atoms with Gasteiger partial charge in [-0.2, -0.15) is 0 Å². The van der Waals surface area contributed by atoms with Crippen LogP contribution in [-0.2, 0) is 6.54 Å². The molecule has 2 aromatic rings. The first-order valence-corrected chi connectivity index (χ1v) is 10.7. The summed E-state index contributed by atoms with van der Waals surface area (Å²) in [5, 5.41) is 7.51. The third-order valence-electron chi connectivity index (χ3n) is 5.11. The van der Waals surface area contributed by atoms with Crippen LogP contribution in [0.1, 0.15) is 18.9 Å². The van der Waals surface area contributed by atoms with E-state index in [1.165, 1.54) is 0 Å². The lowest BCUT2D eigenvalue weighted by molar-refractivity contribution is 0.347. The third kappa shape index (κ3) is 5.64. The molecule has 0 bridgehead atoms. The summed E-state index contributed by atoms with van der Waals surface area (Å²) in [6.45, 7) is 4.93. The van der Waals surface area contributed by atoms with E-state index in [4.69, 9.17) is 30.8 Å². The first-order chi connectivity index (χ1) is 15.1. The van der Waals surface area contributed by atoms with E-state index in [-0.39, 0.29) is 6.04 Å². The molecule has 1 unspecified atom stereocenters. The smallest absolute Gasteiger partial charge is 0.191 e. The van der Waals surface area contributed by atoms with Crippen molar-refractivity contribution in [3.8, 4) is 17.2 Å². The van der Waals surface area contributed by atoms with E-state index in [1.807, 2.05) is 31.2 Å². The maximum absolute atomic E-state index is 6.31. The van der Waals surface area contributed by atoms with Crippen LogP contribution in [0, 0.1) is 0 Å². The van der Waals surface area contributed by atoms with E-state index in [2.05, 4.69) is 20.5 Å². The molecular weight excluding hydrogens is 418 g/mol. The summed E-state index contributed by atoms with van der Waals surface area (Å²) in [6.07, 6.45) is 2.74. The number of nitrogens with zero attached hydrogens (tertiary/aromatic N) is 3. The van der Waals surface area contributed by atoms with Gasteiger partial charge in [-0.1, -0.05) is 11.6 Å². The van der Waals surface area contributed by atoms with E-state index in [1.54, 1.807) is 27.5 Å². The van der Waals surface area contributed by atoms with Crippen molar-refractivity contribution in [2.45, 2.75) is 25.9 Å². The number of halogens is 1. The number of nitrogens with one attached hydrogen (secondary N) is 2. The molecule has 1 fully saturated rings. The standard InChI is InChI=1S/C22H30ClN5O3/c1-5-24-22(26-13-15-11-19(30-3)20(31-4)12-18(15)29-2)27-16-8-10-28(14-16)21-17(23)7-6-9-25-21/h6-7,9,11-12,16H,5,8,10,13-14H2,1-4H3,(H2,24,26,27). The van der Waals surface area contributed by atoms with Crippen molar-refractivity contribution in [3.63, 3.8) is 0 Å². The average molecular weight is 448 g/mol. The van der Waals surface area contributed by atoms with Gasteiger partial charge in [0.2, 0.25) is 0 Å². The van der Waals surface area contributed by atoms with Crippen LogP contribution in [0.15, 0.2) is 35.5 Å². The summed E-state index contributed by atoms with van der Waals surface area (Å²) in [5.41, 5.74) is 0.908. The average Bonchev–Trinajstić information content (AvgIpc) is 3.25. The van der Waals surface area contributed by atoms with Crippen molar-refractivity contribution < 1.29 is 14.2 Å². The molecule has 1 aromatic heterocycles. The molecule has 1 saturated heterocycles. The second-order valence-corrected chi connectivity index (χ2v) is 7.51. The Kier molecular flexibility index (Phi) is 8.06. The molecule has 3 rings (SSSR count). The predicted molar refractivity (Wildman–Crippen MR) is 124 cm³/mol. The number of benzene rings is 1. The number of aliphatic imine (C=N–C) groups is 1. The van der Waals surface area contributed by atoms with Gasteiger partial charge in [-0.15, -0.1) is 0 Å². The lowest BCUT2D eigenvalue weighted by Gasteiger charge is -2.20. The molecule has 9 heteroatoms. The highest BCUT2D eigenvalue weighted by Gasteiger charge is 2.25. The fourth-order valence-electron chi connectivity index (χ4n) is 3.57. The van der Waals surface area contributed by atoms with Crippen molar-refractivity contribution in [3.05, 3.63) is 41.0 Å². The Morgan fingerprint density at radius 1 is 1.19 bits per heavy atom. The van der Waals surface area contributed by atoms with Crippen LogP contribution in [0.5, 0.6) is 17.2 Å². The van der Waals surface area contributed by atoms with Crippen molar-refractivity contribution in [2.24, 2.45) is 4.99 Å². The molecule has 2 N–H and O–H groups in total. The molecule has 168 valence electrons. The highest BCUT2D eigenvalue weighted by molar-refractivity contribution is 6.32. The van der Waals surface area contributed by atoms with Crippen LogP contribution in [0.2, 0.25) is 5.02 Å². The quantitative estimate of drug-likeness (QED) is 0.475. The summed E-state index contributed by atoms with van der Waals surface area (Å²) in [7, 11) is 4.85. The minimum atomic E-state index is 0.239. The highest BCUT2D eigenvalue weighted by atomic mass is 35.5. The van der Waals surface area contributed by atoms with E-state index in [0.717, 1.165) is 43.4 Å². The van der Waals surface area contributed by atoms with Gasteiger partial charge in [0.1, 0.15) is 11.6 Å². The molecule has 2 heterocycles. The van der Waals surface area contributed by atoms with Crippen molar-refractivity contribution >= 4 is 23.4 Å². The van der Waals surface area contributed by atoms with E-state index < -0.39 is 0 Å². The summed E-state index contributed by atoms with van der Waals surface area (Å²) >= 11 is 6.31. The zero-order chi connectivity index (χ0) is 22.2. The first-order valence-electron chi connectivity index (χ1n) is 10.3. The van der Waals surface area contributed by atoms with Gasteiger partial charge in [0.05, 0.1) is 32.9 Å². The predicted octanol–water partition coefficient (Wildman–Crippen LogP) is 3.09. The lowest BCUT2D eigenvalue weighted by Crippen LogP contribution is -2.44. The normalized spacial score (nSPS) is 16.2. The van der Waals surface area contributed by atoms with Crippen molar-refractivity contribution in [1.82, 2.24) is 15.6 Å². The zero-order valence-electron chi connectivity index (χ0n) is 18.4. The van der Waals surface area contributed by atoms with Crippen LogP contribution >= 0.6 is 11.6 Å². The maximum Gasteiger partial charge on any atom is 0.191 e. The van der Waals surface area contributed by atoms with Gasteiger partial charge < -0.3 is 29.7 Å². The minimum absolute atomic E-state index is 0.239. The van der Waals surface area contributed by atoms with Crippen LogP contribution in [0.3, 0.4) is 0 Å². The topological polar surface area (TPSA) is 80.2 Å². The maximum atomic E-state index is 6.31. The summed E-state index contributed by atoms with van der Waals surface area (Å²) < 4.78 is 16.3. The van der Waals surface area contributed by atoms with E-state index >= 15 is 0 Å². The van der Waals surface area contributed by atoms with Crippen molar-refractivity contribution in [2.75, 3.05) is 45.9 Å². The molecule has 1 aliphatic heterocycles. The Labute approximate surface area is 188 Å². The van der Waals surface area contributed by atoms with Gasteiger partial charge in [-0.05, 0) is 31.5 Å². The Hall–Kier alpha value is -2.87. The number of hydrogen-bond donors (Lipinski definition) is 2. The Morgan fingerprint density at radius 3 is 2.61 bits per heavy atom. The number of ether oxygens (including phenoxy) is 3. The van der Waals surface area contributed by atoms with Crippen LogP contribution in [-0.4, -0.2) is 57.9 Å². The number of guanidine groups is 1. The zero-order valence-corrected chi connectivity index (χ0v) is 19.2. The van der Waals surface area contributed by atoms with E-state index in [9.17, 15) is 0 Å². The molecule has 1 aliphatic rings. The lowest BCUT2D eigenvalue weighted by atomic mass is 10.1. The van der Waals surface area contributed by atoms with Gasteiger partial charge in [0.25, 0.3) is 0 Å². The summed E-state index contributed by atoms with van der Waals surface area (Å²) in [6, 6.07) is 7.66. The molecule has 1 aromatic carbocycles. The number of methoxy groups -OCH3 is 3. The van der Waals surface area contributed by atoms with E-state index in [0.29, 0.717) is 28.8 Å². The van der Waals surface area contributed by atoms with Gasteiger partial charge in [-0.25, -0.2) is 9.98 Å². The Balaban J connectivity index is 1.71. The third-order valence-corrected chi connectivity index (χ3v) is 5.40. The molecule has 0 aliphatic carbocycles. The molecule has 31 heavy (non-hydrogen) atoms. The second-order valence-electron chi connectivity index (χ2n) is 7.10. The van der Waals surface area contributed by atoms with Gasteiger partial charge >= 0.3 is 0 Å². The van der Waals surface area contributed by atoms with Gasteiger partial charge in [0.15, 0.2) is 17.5 Å². The Morgan fingerprint density at radius 2 is 1.94 bits per heavy atom. The largest absolute Gasteiger partial charge is 0.496 e. The van der Waals surface area contributed by atoms with Crippen LogP contribution in [0.25, 0.3) is 0 Å². The molecule has 0 spiro atoms. The van der Waals surface area contributed by atoms with Gasteiger partial charge in [0, 0.05) is 43.5 Å². The minimum Gasteiger partial charge on any atom is -0.496 e. The highest BCUT2D eigenvalue weighted by Crippen LogP contribution is 2.35. The Bertz CT molecular complexity index is 909. The molecule has 0 saturated carbocycles. The van der Waals surface area contributed by atoms with Crippen molar-refractivity contribution in [1.29, 1.82) is 0 Å². The van der Waals surface area contributed by atoms with Crippen LogP contribution in [0.4, 0.5) is 5.82 Å². The number of hydrogen-bond acceptors (Lipinski definition) is 6. The summed E-state index contributed by atoms with van der Waals surface area (Å²) in [4.78, 5) is 11.4. The monoisotopic (exact) mass is 447 g/mol. The number of pyridine rings is 1. The number of rotatable bonds is 8. The molecular formula is C22H30ClN5O3. The second kappa shape index (κ2) is 10.9. The van der Waals surface area contributed by atoms with Gasteiger partial charge in [-0.3, -0.25) is 0 Å². The SMILES string of the molecule is CCNC(=NCc1cc(OC)c(OC)cc1OC)NC1CCN(c2ncccc2Cl)C1. The first kappa shape index (κ1) is 22.8.